The molecule has 0 spiro atoms. The minimum atomic E-state index is -3.59. The van der Waals surface area contributed by atoms with Crippen molar-refractivity contribution >= 4 is 19.9 Å². The number of fused-ring (bicyclic) bond motifs is 1. The van der Waals surface area contributed by atoms with Crippen LogP contribution in [0.25, 0.3) is 0 Å². The molecule has 0 aliphatic carbocycles. The maximum Gasteiger partial charge on any atom is 0.240 e. The minimum absolute atomic E-state index is 0.0215. The highest BCUT2D eigenvalue weighted by atomic mass is 32.2. The van der Waals surface area contributed by atoms with Crippen molar-refractivity contribution < 1.29 is 16.8 Å². The Labute approximate surface area is 125 Å². The first-order chi connectivity index (χ1) is 9.80. The summed E-state index contributed by atoms with van der Waals surface area (Å²) in [5.74, 6) is -0.0215. The topological polar surface area (TPSA) is 92.3 Å². The quantitative estimate of drug-likeness (QED) is 0.718. The first-order valence-corrected chi connectivity index (χ1v) is 10.3. The summed E-state index contributed by atoms with van der Waals surface area (Å²) in [5.41, 5.74) is 1.85. The molecular weight excluding hydrogens is 312 g/mol. The molecule has 2 N–H and O–H groups in total. The Morgan fingerprint density at radius 2 is 2.00 bits per heavy atom. The van der Waals surface area contributed by atoms with Gasteiger partial charge in [0.2, 0.25) is 10.0 Å². The molecule has 0 saturated carbocycles. The molecule has 1 heterocycles. The monoisotopic (exact) mass is 332 g/mol. The van der Waals surface area contributed by atoms with Gasteiger partial charge in [-0.25, -0.2) is 21.6 Å². The molecule has 118 valence electrons. The summed E-state index contributed by atoms with van der Waals surface area (Å²) in [4.78, 5) is 0.306. The Morgan fingerprint density at radius 3 is 2.71 bits per heavy atom. The van der Waals surface area contributed by atoms with Crippen molar-refractivity contribution in [1.29, 1.82) is 0 Å². The third-order valence-electron chi connectivity index (χ3n) is 3.37. The van der Waals surface area contributed by atoms with E-state index in [2.05, 4.69) is 10.0 Å². The average molecular weight is 332 g/mol. The summed E-state index contributed by atoms with van der Waals surface area (Å²) in [6, 6.07) is 5.25. The van der Waals surface area contributed by atoms with Gasteiger partial charge in [0.15, 0.2) is 0 Å². The van der Waals surface area contributed by atoms with Crippen LogP contribution in [0.5, 0.6) is 0 Å². The third kappa shape index (κ3) is 4.50. The lowest BCUT2D eigenvalue weighted by Gasteiger charge is -2.20. The van der Waals surface area contributed by atoms with E-state index in [1.165, 1.54) is 0 Å². The fourth-order valence-electron chi connectivity index (χ4n) is 2.37. The van der Waals surface area contributed by atoms with E-state index in [0.717, 1.165) is 23.9 Å². The second kappa shape index (κ2) is 6.43. The Morgan fingerprint density at radius 1 is 1.24 bits per heavy atom. The van der Waals surface area contributed by atoms with Crippen molar-refractivity contribution in [3.63, 3.8) is 0 Å². The van der Waals surface area contributed by atoms with Crippen LogP contribution in [0, 0.1) is 0 Å². The molecule has 0 amide bonds. The highest BCUT2D eigenvalue weighted by molar-refractivity contribution is 7.90. The number of hydrogen-bond donors (Lipinski definition) is 2. The smallest absolute Gasteiger partial charge is 0.240 e. The van der Waals surface area contributed by atoms with Crippen molar-refractivity contribution in [1.82, 2.24) is 10.0 Å². The number of sulfonamides is 1. The third-order valence-corrected chi connectivity index (χ3v) is 5.95. The lowest BCUT2D eigenvalue weighted by Crippen LogP contribution is -2.30. The highest BCUT2D eigenvalue weighted by Gasteiger charge is 2.21. The van der Waals surface area contributed by atoms with Gasteiger partial charge in [-0.1, -0.05) is 12.1 Å². The molecule has 6 nitrogen and oxygen atoms in total. The van der Waals surface area contributed by atoms with Crippen LogP contribution in [0.15, 0.2) is 23.1 Å². The molecular formula is C13H20N2O4S2. The molecule has 1 aromatic rings. The maximum absolute atomic E-state index is 12.3. The maximum atomic E-state index is 12.3. The zero-order valence-corrected chi connectivity index (χ0v) is 13.6. The number of rotatable bonds is 6. The van der Waals surface area contributed by atoms with Crippen LogP contribution >= 0.6 is 0 Å². The second-order valence-corrected chi connectivity index (χ2v) is 9.20. The summed E-state index contributed by atoms with van der Waals surface area (Å²) in [6.07, 6.45) is 2.09. The molecule has 0 bridgehead atoms. The largest absolute Gasteiger partial charge is 0.312 e. The zero-order chi connectivity index (χ0) is 15.5. The molecule has 0 unspecified atom stereocenters. The molecule has 8 heteroatoms. The minimum Gasteiger partial charge on any atom is -0.312 e. The molecule has 1 aliphatic rings. The molecule has 1 aromatic carbocycles. The number of nitrogens with one attached hydrogen (secondary N) is 2. The van der Waals surface area contributed by atoms with Crippen LogP contribution in [0.2, 0.25) is 0 Å². The molecule has 0 radical (unpaired) electrons. The Bertz CT molecular complexity index is 712. The molecule has 0 aromatic heterocycles. The lowest BCUT2D eigenvalue weighted by atomic mass is 10.0. The molecule has 1 aliphatic heterocycles. The Balaban J connectivity index is 2.10. The normalized spacial score (nSPS) is 15.7. The average Bonchev–Trinajstić information content (AvgIpc) is 2.42. The first-order valence-electron chi connectivity index (χ1n) is 6.78. The van der Waals surface area contributed by atoms with Gasteiger partial charge in [-0.3, -0.25) is 0 Å². The van der Waals surface area contributed by atoms with Crippen molar-refractivity contribution in [3.05, 3.63) is 29.3 Å². The van der Waals surface area contributed by atoms with Crippen LogP contribution < -0.4 is 10.0 Å². The van der Waals surface area contributed by atoms with Crippen LogP contribution in [0.4, 0.5) is 0 Å². The van der Waals surface area contributed by atoms with E-state index in [-0.39, 0.29) is 18.7 Å². The van der Waals surface area contributed by atoms with Gasteiger partial charge < -0.3 is 5.32 Å². The van der Waals surface area contributed by atoms with Crippen molar-refractivity contribution in [2.24, 2.45) is 0 Å². The molecule has 0 saturated heterocycles. The standard InChI is InChI=1S/C13H20N2O4S2/c1-20(16,17)9-3-7-15-21(18,19)13-5-2-4-11-10-14-8-6-12(11)13/h2,4-5,14-15H,3,6-10H2,1H3. The predicted molar refractivity (Wildman–Crippen MR) is 81.4 cm³/mol. The van der Waals surface area contributed by atoms with Gasteiger partial charge in [-0.05, 0) is 36.6 Å². The van der Waals surface area contributed by atoms with Crippen molar-refractivity contribution in [3.8, 4) is 0 Å². The van der Waals surface area contributed by atoms with Crippen molar-refractivity contribution in [2.45, 2.75) is 24.3 Å². The fraction of sp³-hybridized carbons (Fsp3) is 0.538. The van der Waals surface area contributed by atoms with E-state index in [4.69, 9.17) is 0 Å². The van der Waals surface area contributed by atoms with Crippen LogP contribution in [-0.4, -0.2) is 41.9 Å². The molecule has 21 heavy (non-hydrogen) atoms. The van der Waals surface area contributed by atoms with E-state index in [9.17, 15) is 16.8 Å². The van der Waals surface area contributed by atoms with E-state index in [1.54, 1.807) is 12.1 Å². The summed E-state index contributed by atoms with van der Waals surface area (Å²) < 4.78 is 49.2. The van der Waals surface area contributed by atoms with E-state index >= 15 is 0 Å². The van der Waals surface area contributed by atoms with E-state index in [0.29, 0.717) is 17.9 Å². The van der Waals surface area contributed by atoms with Crippen LogP contribution in [0.3, 0.4) is 0 Å². The fourth-order valence-corrected chi connectivity index (χ4v) is 4.42. The zero-order valence-electron chi connectivity index (χ0n) is 11.9. The summed E-state index contributed by atoms with van der Waals surface area (Å²) in [6.45, 7) is 1.55. The number of benzene rings is 1. The molecule has 0 atom stereocenters. The highest BCUT2D eigenvalue weighted by Crippen LogP contribution is 2.22. The SMILES string of the molecule is CS(=O)(=O)CCCNS(=O)(=O)c1cccc2c1CCNC2. The molecule has 0 fully saturated rings. The van der Waals surface area contributed by atoms with Gasteiger partial charge in [-0.15, -0.1) is 0 Å². The van der Waals surface area contributed by atoms with Crippen LogP contribution in [0.1, 0.15) is 17.5 Å². The molecule has 2 rings (SSSR count). The number of hydrogen-bond acceptors (Lipinski definition) is 5. The predicted octanol–water partition coefficient (Wildman–Crippen LogP) is 0.0453. The summed E-state index contributed by atoms with van der Waals surface area (Å²) in [5, 5.41) is 3.21. The Kier molecular flexibility index (Phi) is 5.03. The van der Waals surface area contributed by atoms with Crippen LogP contribution in [-0.2, 0) is 32.8 Å². The van der Waals surface area contributed by atoms with E-state index in [1.807, 2.05) is 6.07 Å². The van der Waals surface area contributed by atoms with Gasteiger partial charge in [0.05, 0.1) is 10.6 Å². The summed E-state index contributed by atoms with van der Waals surface area (Å²) >= 11 is 0. The van der Waals surface area contributed by atoms with Crippen molar-refractivity contribution in [2.75, 3.05) is 25.1 Å². The summed E-state index contributed by atoms with van der Waals surface area (Å²) in [7, 11) is -6.66. The van der Waals surface area contributed by atoms with Gasteiger partial charge in [-0.2, -0.15) is 0 Å². The van der Waals surface area contributed by atoms with Gasteiger partial charge >= 0.3 is 0 Å². The lowest BCUT2D eigenvalue weighted by molar-refractivity contribution is 0.572. The Hall–Kier alpha value is -0.960. The number of sulfone groups is 1. The first kappa shape index (κ1) is 16.4. The second-order valence-electron chi connectivity index (χ2n) is 5.20. The van der Waals surface area contributed by atoms with Gasteiger partial charge in [0, 0.05) is 19.3 Å². The van der Waals surface area contributed by atoms with E-state index < -0.39 is 19.9 Å². The van der Waals surface area contributed by atoms with Gasteiger partial charge in [0.1, 0.15) is 9.84 Å². The van der Waals surface area contributed by atoms with Gasteiger partial charge in [0.25, 0.3) is 0 Å².